The summed E-state index contributed by atoms with van der Waals surface area (Å²) in [5, 5.41) is 9.15. The lowest BCUT2D eigenvalue weighted by Crippen LogP contribution is -2.36. The Labute approximate surface area is 203 Å². The average molecular weight is 491 g/mol. The van der Waals surface area contributed by atoms with Crippen LogP contribution >= 0.6 is 11.8 Å². The second kappa shape index (κ2) is 9.26. The van der Waals surface area contributed by atoms with Crippen molar-refractivity contribution >= 4 is 23.4 Å². The van der Waals surface area contributed by atoms with Crippen LogP contribution in [-0.4, -0.2) is 43.0 Å². The summed E-state index contributed by atoms with van der Waals surface area (Å²) in [6.07, 6.45) is 1.57. The largest absolute Gasteiger partial charge is 0.497 e. The fourth-order valence-corrected chi connectivity index (χ4v) is 4.66. The van der Waals surface area contributed by atoms with Crippen LogP contribution in [0.1, 0.15) is 29.2 Å². The van der Waals surface area contributed by atoms with Gasteiger partial charge in [-0.2, -0.15) is 0 Å². The third-order valence-corrected chi connectivity index (χ3v) is 6.63. The topological polar surface area (TPSA) is 138 Å². The number of hydrogen-bond acceptors (Lipinski definition) is 8. The number of Topliss-reactive ketones (excluding diaryl/α,β-unsaturated/α-hetero) is 1. The lowest BCUT2D eigenvalue weighted by Gasteiger charge is -2.12. The zero-order valence-corrected chi connectivity index (χ0v) is 19.6. The van der Waals surface area contributed by atoms with Crippen LogP contribution < -0.4 is 21.7 Å². The minimum Gasteiger partial charge on any atom is -0.497 e. The number of nitrogen functional groups attached to an aromatic ring is 1. The van der Waals surface area contributed by atoms with E-state index in [1.165, 1.54) is 4.57 Å². The maximum atomic E-state index is 13.1. The summed E-state index contributed by atoms with van der Waals surface area (Å²) >= 11 is 1.14. The van der Waals surface area contributed by atoms with Gasteiger partial charge in [0.2, 0.25) is 0 Å². The highest BCUT2D eigenvalue weighted by atomic mass is 32.2. The molecule has 35 heavy (non-hydrogen) atoms. The molecule has 1 saturated carbocycles. The summed E-state index contributed by atoms with van der Waals surface area (Å²) < 4.78 is 8.39. The first-order chi connectivity index (χ1) is 17.0. The number of carbonyl (C=O) groups excluding carboxylic acids is 1. The zero-order valence-electron chi connectivity index (χ0n) is 18.8. The van der Waals surface area contributed by atoms with Gasteiger partial charge in [0.1, 0.15) is 17.1 Å². The Morgan fingerprint density at radius 3 is 2.49 bits per heavy atom. The van der Waals surface area contributed by atoms with Gasteiger partial charge in [0.05, 0.1) is 12.9 Å². The van der Waals surface area contributed by atoms with Crippen LogP contribution in [0.25, 0.3) is 17.1 Å². The van der Waals surface area contributed by atoms with E-state index in [0.29, 0.717) is 11.0 Å². The lowest BCUT2D eigenvalue weighted by atomic mass is 10.2. The molecule has 0 saturated heterocycles. The number of nitrogens with one attached hydrogen (secondary N) is 1. The van der Waals surface area contributed by atoms with E-state index in [-0.39, 0.29) is 23.2 Å². The molecule has 0 spiro atoms. The number of hydrogen-bond donors (Lipinski definition) is 2. The quantitative estimate of drug-likeness (QED) is 0.284. The first kappa shape index (κ1) is 22.7. The van der Waals surface area contributed by atoms with Crippen molar-refractivity contribution in [1.29, 1.82) is 0 Å². The number of thioether (sulfide) groups is 1. The highest BCUT2D eigenvalue weighted by Crippen LogP contribution is 2.35. The second-order valence-corrected chi connectivity index (χ2v) is 8.98. The Kier molecular flexibility index (Phi) is 6.00. The molecule has 0 amide bonds. The normalized spacial score (nSPS) is 13.1. The van der Waals surface area contributed by atoms with Crippen molar-refractivity contribution in [2.75, 3.05) is 18.6 Å². The molecule has 0 radical (unpaired) electrons. The number of anilines is 1. The molecule has 4 aromatic rings. The molecule has 1 aliphatic rings. The van der Waals surface area contributed by atoms with Crippen molar-refractivity contribution in [3.05, 3.63) is 81.0 Å². The fraction of sp³-hybridized carbons (Fsp3) is 0.208. The second-order valence-electron chi connectivity index (χ2n) is 8.04. The number of ether oxygens (including phenoxy) is 1. The highest BCUT2D eigenvalue weighted by molar-refractivity contribution is 7.99. The fourth-order valence-electron chi connectivity index (χ4n) is 3.83. The van der Waals surface area contributed by atoms with E-state index >= 15 is 0 Å². The van der Waals surface area contributed by atoms with E-state index in [1.807, 2.05) is 59.2 Å². The number of aromatic nitrogens is 5. The number of para-hydroxylation sites is 1. The zero-order chi connectivity index (χ0) is 24.5. The van der Waals surface area contributed by atoms with Crippen molar-refractivity contribution in [2.24, 2.45) is 0 Å². The summed E-state index contributed by atoms with van der Waals surface area (Å²) in [6, 6.07) is 16.9. The summed E-state index contributed by atoms with van der Waals surface area (Å²) in [5.74, 6) is 0.625. The molecule has 0 aliphatic heterocycles. The molecular formula is C24H22N6O4S. The average Bonchev–Trinajstić information content (AvgIpc) is 3.60. The molecule has 10 nitrogen and oxygen atoms in total. The SMILES string of the molecule is COc1ccc(-c2nnc(SCC(=O)c3c(N)n(C4CC4)c(=O)[nH]c3=O)n2-c2ccccc2)cc1. The Hall–Kier alpha value is -4.12. The van der Waals surface area contributed by atoms with E-state index in [0.717, 1.165) is 41.6 Å². The third kappa shape index (κ3) is 4.37. The standard InChI is InChI=1S/C24H22N6O4S/c1-34-17-11-7-14(8-12-17)21-27-28-24(30(21)15-5-3-2-4-6-15)35-13-18(31)19-20(25)29(16-9-10-16)23(33)26-22(19)32/h2-8,11-12,16H,9-10,13,25H2,1H3,(H,26,32,33). The molecule has 0 bridgehead atoms. The Bertz CT molecular complexity index is 1500. The van der Waals surface area contributed by atoms with Gasteiger partial charge in [0.25, 0.3) is 5.56 Å². The summed E-state index contributed by atoms with van der Waals surface area (Å²) in [4.78, 5) is 39.8. The lowest BCUT2D eigenvalue weighted by molar-refractivity contribution is 0.102. The number of nitrogens with two attached hydrogens (primary N) is 1. The van der Waals surface area contributed by atoms with E-state index < -0.39 is 17.0 Å². The van der Waals surface area contributed by atoms with Gasteiger partial charge in [0.15, 0.2) is 16.8 Å². The maximum absolute atomic E-state index is 13.1. The number of methoxy groups -OCH3 is 1. The number of carbonyl (C=O) groups is 1. The van der Waals surface area contributed by atoms with Crippen LogP contribution in [0.4, 0.5) is 5.82 Å². The first-order valence-corrected chi connectivity index (χ1v) is 11.9. The van der Waals surface area contributed by atoms with E-state index in [2.05, 4.69) is 15.2 Å². The monoisotopic (exact) mass is 490 g/mol. The van der Waals surface area contributed by atoms with Gasteiger partial charge in [-0.05, 0) is 49.2 Å². The number of ketones is 1. The van der Waals surface area contributed by atoms with Crippen molar-refractivity contribution in [1.82, 2.24) is 24.3 Å². The molecular weight excluding hydrogens is 468 g/mol. The number of aromatic amines is 1. The van der Waals surface area contributed by atoms with Crippen molar-refractivity contribution in [2.45, 2.75) is 24.0 Å². The summed E-state index contributed by atoms with van der Waals surface area (Å²) in [7, 11) is 1.60. The van der Waals surface area contributed by atoms with Crippen molar-refractivity contribution < 1.29 is 9.53 Å². The van der Waals surface area contributed by atoms with Gasteiger partial charge in [-0.1, -0.05) is 30.0 Å². The number of H-pyrrole nitrogens is 1. The van der Waals surface area contributed by atoms with Gasteiger partial charge in [0, 0.05) is 17.3 Å². The minimum atomic E-state index is -0.779. The van der Waals surface area contributed by atoms with Gasteiger partial charge >= 0.3 is 5.69 Å². The predicted octanol–water partition coefficient (Wildman–Crippen LogP) is 2.69. The molecule has 178 valence electrons. The van der Waals surface area contributed by atoms with Crippen molar-refractivity contribution in [3.8, 4) is 22.8 Å². The number of benzene rings is 2. The molecule has 2 aromatic heterocycles. The number of nitrogens with zero attached hydrogens (tertiary/aromatic N) is 4. The Morgan fingerprint density at radius 2 is 1.83 bits per heavy atom. The third-order valence-electron chi connectivity index (χ3n) is 5.70. The Balaban J connectivity index is 1.48. The van der Waals surface area contributed by atoms with Crippen molar-refractivity contribution in [3.63, 3.8) is 0 Å². The maximum Gasteiger partial charge on any atom is 0.330 e. The Morgan fingerprint density at radius 1 is 1.11 bits per heavy atom. The smallest absolute Gasteiger partial charge is 0.330 e. The predicted molar refractivity (Wildman–Crippen MR) is 132 cm³/mol. The van der Waals surface area contributed by atoms with Crippen LogP contribution in [0.2, 0.25) is 0 Å². The van der Waals surface area contributed by atoms with Crippen LogP contribution in [0, 0.1) is 0 Å². The first-order valence-electron chi connectivity index (χ1n) is 10.9. The molecule has 2 heterocycles. The van der Waals surface area contributed by atoms with Gasteiger partial charge in [-0.25, -0.2) is 4.79 Å². The van der Waals surface area contributed by atoms with E-state index in [9.17, 15) is 14.4 Å². The van der Waals surface area contributed by atoms with Gasteiger partial charge < -0.3 is 10.5 Å². The molecule has 0 atom stereocenters. The minimum absolute atomic E-state index is 0.0770. The summed E-state index contributed by atoms with van der Waals surface area (Å²) in [6.45, 7) is 0. The molecule has 2 aromatic carbocycles. The molecule has 1 aliphatic carbocycles. The molecule has 11 heteroatoms. The molecule has 1 fully saturated rings. The van der Waals surface area contributed by atoms with Crippen LogP contribution in [0.15, 0.2) is 69.3 Å². The van der Waals surface area contributed by atoms with E-state index in [4.69, 9.17) is 10.5 Å². The number of rotatable bonds is 8. The molecule has 0 unspecified atom stereocenters. The van der Waals surface area contributed by atoms with Crippen LogP contribution in [-0.2, 0) is 0 Å². The molecule has 5 rings (SSSR count). The van der Waals surface area contributed by atoms with Gasteiger partial charge in [-0.3, -0.25) is 23.7 Å². The van der Waals surface area contributed by atoms with Gasteiger partial charge in [-0.15, -0.1) is 10.2 Å². The highest BCUT2D eigenvalue weighted by Gasteiger charge is 2.30. The van der Waals surface area contributed by atoms with Crippen LogP contribution in [0.5, 0.6) is 5.75 Å². The van der Waals surface area contributed by atoms with Crippen LogP contribution in [0.3, 0.4) is 0 Å². The summed E-state index contributed by atoms with van der Waals surface area (Å²) in [5.41, 5.74) is 6.15. The molecule has 3 N–H and O–H groups in total. The van der Waals surface area contributed by atoms with E-state index in [1.54, 1.807) is 7.11 Å².